The van der Waals surface area contributed by atoms with Gasteiger partial charge in [0.1, 0.15) is 5.69 Å². The van der Waals surface area contributed by atoms with E-state index in [1.807, 2.05) is 4.68 Å². The van der Waals surface area contributed by atoms with Gasteiger partial charge in [0.05, 0.1) is 24.8 Å². The molecule has 1 aliphatic rings. The number of hydrogen-bond acceptors (Lipinski definition) is 4. The first-order valence-corrected chi connectivity index (χ1v) is 6.12. The smallest absolute Gasteiger partial charge is 0.100 e. The van der Waals surface area contributed by atoms with Gasteiger partial charge in [-0.25, -0.2) is 4.68 Å². The van der Waals surface area contributed by atoms with Gasteiger partial charge in [0.2, 0.25) is 0 Å². The molecule has 2 rings (SSSR count). The molecule has 0 bridgehead atoms. The summed E-state index contributed by atoms with van der Waals surface area (Å²) in [5.74, 6) is 0.883. The van der Waals surface area contributed by atoms with Crippen molar-refractivity contribution in [2.24, 2.45) is 5.92 Å². The van der Waals surface area contributed by atoms with Gasteiger partial charge in [-0.2, -0.15) is 5.26 Å². The average Bonchev–Trinajstić information content (AvgIpc) is 3.08. The van der Waals surface area contributed by atoms with Gasteiger partial charge in [-0.1, -0.05) is 18.1 Å². The van der Waals surface area contributed by atoms with Crippen molar-refractivity contribution in [3.05, 3.63) is 11.4 Å². The molecule has 1 aromatic rings. The summed E-state index contributed by atoms with van der Waals surface area (Å²) in [6, 6.07) is 2.13. The van der Waals surface area contributed by atoms with E-state index in [1.165, 1.54) is 19.3 Å². The molecule has 0 aliphatic heterocycles. The van der Waals surface area contributed by atoms with E-state index >= 15 is 0 Å². The third-order valence-electron chi connectivity index (χ3n) is 3.15. The Morgan fingerprint density at radius 3 is 3.00 bits per heavy atom. The lowest BCUT2D eigenvalue weighted by molar-refractivity contribution is 0.200. The fourth-order valence-corrected chi connectivity index (χ4v) is 1.94. The Hall–Kier alpha value is -1.41. The van der Waals surface area contributed by atoms with E-state index in [4.69, 9.17) is 10.00 Å². The molecule has 17 heavy (non-hydrogen) atoms. The number of ether oxygens (including phenoxy) is 1. The summed E-state index contributed by atoms with van der Waals surface area (Å²) in [5.41, 5.74) is 1.87. The zero-order chi connectivity index (χ0) is 12.1. The number of nitrogens with zero attached hydrogens (tertiary/aromatic N) is 4. The molecule has 0 spiro atoms. The lowest BCUT2D eigenvalue weighted by Crippen LogP contribution is -2.09. The number of aromatic nitrogens is 3. The second-order valence-electron chi connectivity index (χ2n) is 4.52. The van der Waals surface area contributed by atoms with Crippen LogP contribution in [0.3, 0.4) is 0 Å². The maximum atomic E-state index is 8.75. The minimum absolute atomic E-state index is 0.336. The second kappa shape index (κ2) is 5.78. The highest BCUT2D eigenvalue weighted by Crippen LogP contribution is 2.32. The van der Waals surface area contributed by atoms with Crippen molar-refractivity contribution >= 4 is 0 Å². The van der Waals surface area contributed by atoms with Gasteiger partial charge in [-0.3, -0.25) is 0 Å². The second-order valence-corrected chi connectivity index (χ2v) is 4.52. The van der Waals surface area contributed by atoms with Crippen molar-refractivity contribution in [1.29, 1.82) is 5.26 Å². The summed E-state index contributed by atoms with van der Waals surface area (Å²) in [6.45, 7) is 1.57. The van der Waals surface area contributed by atoms with Gasteiger partial charge >= 0.3 is 0 Å². The van der Waals surface area contributed by atoms with E-state index in [9.17, 15) is 0 Å². The van der Waals surface area contributed by atoms with Gasteiger partial charge in [-0.15, -0.1) is 5.10 Å². The number of nitriles is 1. The molecule has 5 nitrogen and oxygen atoms in total. The van der Waals surface area contributed by atoms with Crippen molar-refractivity contribution in [2.75, 3.05) is 13.7 Å². The van der Waals surface area contributed by atoms with Crippen LogP contribution in [0.15, 0.2) is 0 Å². The van der Waals surface area contributed by atoms with Gasteiger partial charge in [-0.05, 0) is 12.3 Å². The minimum atomic E-state index is 0.336. The van der Waals surface area contributed by atoms with Crippen LogP contribution in [0.2, 0.25) is 0 Å². The number of aryl methyl sites for hydroxylation is 1. The van der Waals surface area contributed by atoms with E-state index in [1.54, 1.807) is 7.11 Å². The molecule has 1 aromatic heterocycles. The average molecular weight is 234 g/mol. The van der Waals surface area contributed by atoms with E-state index < -0.39 is 0 Å². The Bertz CT molecular complexity index is 403. The molecule has 5 heteroatoms. The van der Waals surface area contributed by atoms with Crippen molar-refractivity contribution in [3.63, 3.8) is 0 Å². The molecular formula is C12H18N4O. The van der Waals surface area contributed by atoms with Crippen LogP contribution in [-0.4, -0.2) is 28.7 Å². The molecule has 1 saturated carbocycles. The molecule has 0 radical (unpaired) electrons. The summed E-state index contributed by atoms with van der Waals surface area (Å²) in [5, 5.41) is 17.0. The van der Waals surface area contributed by atoms with Crippen LogP contribution >= 0.6 is 0 Å². The fourth-order valence-electron chi connectivity index (χ4n) is 1.94. The van der Waals surface area contributed by atoms with Crippen molar-refractivity contribution in [3.8, 4) is 6.07 Å². The van der Waals surface area contributed by atoms with Crippen LogP contribution in [0, 0.1) is 17.2 Å². The Kier molecular flexibility index (Phi) is 4.10. The maximum absolute atomic E-state index is 8.75. The summed E-state index contributed by atoms with van der Waals surface area (Å²) >= 11 is 0. The summed E-state index contributed by atoms with van der Waals surface area (Å²) in [7, 11) is 1.68. The van der Waals surface area contributed by atoms with E-state index in [2.05, 4.69) is 16.4 Å². The van der Waals surface area contributed by atoms with Crippen LogP contribution in [0.1, 0.15) is 30.7 Å². The molecular weight excluding hydrogens is 216 g/mol. The topological polar surface area (TPSA) is 63.7 Å². The summed E-state index contributed by atoms with van der Waals surface area (Å²) in [4.78, 5) is 0. The minimum Gasteiger partial charge on any atom is -0.384 e. The van der Waals surface area contributed by atoms with E-state index in [0.29, 0.717) is 13.0 Å². The molecule has 1 fully saturated rings. The molecule has 0 amide bonds. The van der Waals surface area contributed by atoms with Crippen molar-refractivity contribution in [2.45, 2.75) is 38.6 Å². The number of methoxy groups -OCH3 is 1. The van der Waals surface area contributed by atoms with Gasteiger partial charge in [0, 0.05) is 20.1 Å². The highest BCUT2D eigenvalue weighted by molar-refractivity contribution is 5.14. The predicted molar refractivity (Wildman–Crippen MR) is 62.3 cm³/mol. The quantitative estimate of drug-likeness (QED) is 0.714. The Morgan fingerprint density at radius 2 is 2.35 bits per heavy atom. The fraction of sp³-hybridized carbons (Fsp3) is 0.750. The van der Waals surface area contributed by atoms with Crippen LogP contribution in [0.25, 0.3) is 0 Å². The third kappa shape index (κ3) is 3.27. The monoisotopic (exact) mass is 234 g/mol. The standard InChI is InChI=1S/C12H18N4O/c1-17-9-6-12-11(4-7-13)14-15-16(12)8-5-10-2-3-10/h10H,2-6,8-9H2,1H3. The van der Waals surface area contributed by atoms with Crippen LogP contribution in [0.5, 0.6) is 0 Å². The molecule has 0 saturated heterocycles. The molecule has 1 heterocycles. The van der Waals surface area contributed by atoms with Crippen LogP contribution in [-0.2, 0) is 24.1 Å². The highest BCUT2D eigenvalue weighted by Gasteiger charge is 2.22. The van der Waals surface area contributed by atoms with Gasteiger partial charge in [0.15, 0.2) is 0 Å². The lowest BCUT2D eigenvalue weighted by Gasteiger charge is -2.06. The molecule has 92 valence electrons. The number of rotatable bonds is 7. The van der Waals surface area contributed by atoms with Crippen LogP contribution < -0.4 is 0 Å². The Labute approximate surface area is 101 Å². The SMILES string of the molecule is COCCc1c(CC#N)nnn1CCC1CC1. The molecule has 0 aromatic carbocycles. The summed E-state index contributed by atoms with van der Waals surface area (Å²) < 4.78 is 7.04. The third-order valence-corrected chi connectivity index (χ3v) is 3.15. The Morgan fingerprint density at radius 1 is 1.53 bits per heavy atom. The maximum Gasteiger partial charge on any atom is 0.100 e. The molecule has 0 unspecified atom stereocenters. The van der Waals surface area contributed by atoms with Gasteiger partial charge < -0.3 is 4.74 Å². The lowest BCUT2D eigenvalue weighted by atomic mass is 10.2. The summed E-state index contributed by atoms with van der Waals surface area (Å²) in [6.07, 6.45) is 5.00. The predicted octanol–water partition coefficient (Wildman–Crippen LogP) is 1.33. The van der Waals surface area contributed by atoms with Crippen molar-refractivity contribution < 1.29 is 4.74 Å². The molecule has 0 atom stereocenters. The zero-order valence-corrected chi connectivity index (χ0v) is 10.2. The highest BCUT2D eigenvalue weighted by atomic mass is 16.5. The number of hydrogen-bond donors (Lipinski definition) is 0. The van der Waals surface area contributed by atoms with E-state index in [0.717, 1.165) is 30.3 Å². The molecule has 1 aliphatic carbocycles. The Balaban J connectivity index is 2.03. The van der Waals surface area contributed by atoms with E-state index in [-0.39, 0.29) is 0 Å². The first-order valence-electron chi connectivity index (χ1n) is 6.12. The zero-order valence-electron chi connectivity index (χ0n) is 10.2. The van der Waals surface area contributed by atoms with Crippen LogP contribution in [0.4, 0.5) is 0 Å². The van der Waals surface area contributed by atoms with Crippen molar-refractivity contribution in [1.82, 2.24) is 15.0 Å². The van der Waals surface area contributed by atoms with Gasteiger partial charge in [0.25, 0.3) is 0 Å². The first-order chi connectivity index (χ1) is 8.35. The normalized spacial score (nSPS) is 14.8. The largest absolute Gasteiger partial charge is 0.384 e. The molecule has 0 N–H and O–H groups in total. The first kappa shape index (κ1) is 12.1.